The summed E-state index contributed by atoms with van der Waals surface area (Å²) in [5.74, 6) is 1.58. The molecular weight excluding hydrogens is 342 g/mol. The molecule has 0 aromatic heterocycles. The van der Waals surface area contributed by atoms with Crippen molar-refractivity contribution in [1.82, 2.24) is 0 Å². The molecule has 5 heteroatoms. The van der Waals surface area contributed by atoms with E-state index in [1.165, 1.54) is 0 Å². The Bertz CT molecular complexity index is 886. The average Bonchev–Trinajstić information content (AvgIpc) is 2.65. The van der Waals surface area contributed by atoms with Gasteiger partial charge in [0, 0.05) is 12.8 Å². The predicted octanol–water partition coefficient (Wildman–Crippen LogP) is 4.11. The third kappa shape index (κ3) is 3.97. The van der Waals surface area contributed by atoms with Crippen LogP contribution in [0.25, 0.3) is 0 Å². The number of ether oxygens (including phenoxy) is 2. The van der Waals surface area contributed by atoms with Gasteiger partial charge in [0.15, 0.2) is 17.2 Å². The van der Waals surface area contributed by atoms with Gasteiger partial charge in [0.05, 0.1) is 18.2 Å². The van der Waals surface area contributed by atoms with Gasteiger partial charge < -0.3 is 15.2 Å². The molecule has 0 aliphatic carbocycles. The van der Waals surface area contributed by atoms with Gasteiger partial charge in [-0.1, -0.05) is 12.1 Å². The smallest absolute Gasteiger partial charge is 0.169 e. The minimum absolute atomic E-state index is 0.0447. The fraction of sp³-hybridized carbons (Fsp3) is 0.364. The number of hydrogen-bond donors (Lipinski definition) is 1. The summed E-state index contributed by atoms with van der Waals surface area (Å²) >= 11 is 0. The van der Waals surface area contributed by atoms with Crippen LogP contribution in [0.15, 0.2) is 36.4 Å². The number of nitrogen functional groups attached to an aromatic ring is 1. The Morgan fingerprint density at radius 1 is 0.889 bits per heavy atom. The van der Waals surface area contributed by atoms with Crippen LogP contribution >= 0.6 is 0 Å². The topological polar surface area (TPSA) is 78.6 Å². The van der Waals surface area contributed by atoms with Crippen molar-refractivity contribution in [2.24, 2.45) is 5.41 Å². The van der Waals surface area contributed by atoms with Crippen molar-refractivity contribution in [3.8, 4) is 17.2 Å². The number of carbonyl (C=O) groups excluding carboxylic acids is 2. The van der Waals surface area contributed by atoms with Crippen molar-refractivity contribution in [3.05, 3.63) is 47.5 Å². The molecule has 4 rings (SSSR count). The van der Waals surface area contributed by atoms with Gasteiger partial charge >= 0.3 is 0 Å². The first-order chi connectivity index (χ1) is 12.8. The lowest BCUT2D eigenvalue weighted by molar-refractivity contribution is -0.138. The number of hydrogen-bond acceptors (Lipinski definition) is 5. The number of anilines is 1. The maximum atomic E-state index is 12.7. The van der Waals surface area contributed by atoms with Crippen LogP contribution in [0.2, 0.25) is 0 Å². The van der Waals surface area contributed by atoms with E-state index in [0.29, 0.717) is 48.6 Å². The highest BCUT2D eigenvalue weighted by molar-refractivity contribution is 6.06. The fourth-order valence-electron chi connectivity index (χ4n) is 3.22. The minimum Gasteiger partial charge on any atom is -0.493 e. The molecule has 0 fully saturated rings. The zero-order valence-electron chi connectivity index (χ0n) is 16.0. The number of methoxy groups -OCH3 is 1. The molecule has 0 amide bonds. The first kappa shape index (κ1) is 19.0. The second-order valence-corrected chi connectivity index (χ2v) is 7.43. The Balaban J connectivity index is 2.04. The van der Waals surface area contributed by atoms with Crippen molar-refractivity contribution in [1.29, 1.82) is 0 Å². The molecular formula is C22H25NO4. The van der Waals surface area contributed by atoms with Crippen molar-refractivity contribution in [2.75, 3.05) is 12.8 Å². The van der Waals surface area contributed by atoms with Crippen molar-refractivity contribution < 1.29 is 19.1 Å². The normalized spacial score (nSPS) is 17.0. The molecule has 0 unspecified atom stereocenters. The highest BCUT2D eigenvalue weighted by atomic mass is 16.5. The monoisotopic (exact) mass is 367 g/mol. The summed E-state index contributed by atoms with van der Waals surface area (Å²) in [6.45, 7) is 3.44. The van der Waals surface area contributed by atoms with Gasteiger partial charge in [-0.3, -0.25) is 9.59 Å². The number of benzene rings is 2. The molecule has 27 heavy (non-hydrogen) atoms. The molecule has 0 saturated carbocycles. The Kier molecular flexibility index (Phi) is 5.22. The number of rotatable bonds is 1. The lowest BCUT2D eigenvalue weighted by atomic mass is 9.79. The summed E-state index contributed by atoms with van der Waals surface area (Å²) in [5, 5.41) is 0. The molecule has 2 aliphatic heterocycles. The second kappa shape index (κ2) is 7.43. The molecule has 142 valence electrons. The molecule has 4 bridgehead atoms. The zero-order valence-corrected chi connectivity index (χ0v) is 16.0. The van der Waals surface area contributed by atoms with Gasteiger partial charge in [-0.25, -0.2) is 0 Å². The molecule has 5 nitrogen and oxygen atoms in total. The molecule has 0 atom stereocenters. The second-order valence-electron chi connectivity index (χ2n) is 7.43. The first-order valence-electron chi connectivity index (χ1n) is 9.11. The Morgan fingerprint density at radius 2 is 1.48 bits per heavy atom. The van der Waals surface area contributed by atoms with Crippen LogP contribution in [0.4, 0.5) is 5.69 Å². The average molecular weight is 367 g/mol. The summed E-state index contributed by atoms with van der Waals surface area (Å²) in [7, 11) is 1.58. The van der Waals surface area contributed by atoms with Crippen molar-refractivity contribution in [3.63, 3.8) is 0 Å². The van der Waals surface area contributed by atoms with Gasteiger partial charge in [-0.05, 0) is 62.1 Å². The molecule has 0 saturated heterocycles. The van der Waals surface area contributed by atoms with Crippen LogP contribution in [0.3, 0.4) is 0 Å². The van der Waals surface area contributed by atoms with E-state index in [1.54, 1.807) is 27.0 Å². The molecule has 0 spiro atoms. The standard InChI is InChI=1S/C22H25NO4/c1-22(2)20(24)10-6-14-4-8-17(16(23)12-14)27-19-13-15(7-11-21(22)25)5-9-18(19)26-3/h4-5,8-9,12-13H,6-7,10-11,23H2,1-3H3. The number of Topliss-reactive ketones (excluding diaryl/α,β-unsaturated/α-hetero) is 2. The van der Waals surface area contributed by atoms with Crippen LogP contribution in [-0.4, -0.2) is 18.7 Å². The summed E-state index contributed by atoms with van der Waals surface area (Å²) in [5.41, 5.74) is 7.54. The third-order valence-electron chi connectivity index (χ3n) is 5.20. The van der Waals surface area contributed by atoms with Gasteiger partial charge in [0.25, 0.3) is 0 Å². The zero-order chi connectivity index (χ0) is 19.6. The van der Waals surface area contributed by atoms with E-state index < -0.39 is 5.41 Å². The maximum Gasteiger partial charge on any atom is 0.169 e. The highest BCUT2D eigenvalue weighted by Crippen LogP contribution is 2.36. The Morgan fingerprint density at radius 3 is 2.07 bits per heavy atom. The molecule has 0 radical (unpaired) electrons. The van der Waals surface area contributed by atoms with Gasteiger partial charge in [0.1, 0.15) is 11.6 Å². The van der Waals surface area contributed by atoms with Gasteiger partial charge in [0.2, 0.25) is 0 Å². The number of aryl methyl sites for hydroxylation is 2. The van der Waals surface area contributed by atoms with E-state index in [9.17, 15) is 9.59 Å². The van der Waals surface area contributed by atoms with Crippen molar-refractivity contribution >= 4 is 17.3 Å². The van der Waals surface area contributed by atoms with Crippen LogP contribution in [0, 0.1) is 5.41 Å². The van der Waals surface area contributed by atoms with Gasteiger partial charge in [-0.15, -0.1) is 0 Å². The number of nitrogens with two attached hydrogens (primary N) is 1. The lowest BCUT2D eigenvalue weighted by Crippen LogP contribution is -2.34. The van der Waals surface area contributed by atoms with E-state index in [-0.39, 0.29) is 11.6 Å². The predicted molar refractivity (Wildman–Crippen MR) is 104 cm³/mol. The maximum absolute atomic E-state index is 12.7. The Labute approximate surface area is 159 Å². The van der Waals surface area contributed by atoms with E-state index in [0.717, 1.165) is 11.1 Å². The molecule has 2 heterocycles. The molecule has 2 N–H and O–H groups in total. The molecule has 2 aromatic carbocycles. The van der Waals surface area contributed by atoms with Crippen molar-refractivity contribution in [2.45, 2.75) is 39.5 Å². The Hall–Kier alpha value is -2.82. The SMILES string of the molecule is COc1ccc2cc1Oc1ccc(cc1N)CCC(=O)C(C)(C)C(=O)CC2. The van der Waals surface area contributed by atoms with E-state index >= 15 is 0 Å². The highest BCUT2D eigenvalue weighted by Gasteiger charge is 2.34. The summed E-state index contributed by atoms with van der Waals surface area (Å²) in [6.07, 6.45) is 1.68. The largest absolute Gasteiger partial charge is 0.493 e. The number of carbonyl (C=O) groups is 2. The van der Waals surface area contributed by atoms with Crippen LogP contribution in [0.5, 0.6) is 17.2 Å². The summed E-state index contributed by atoms with van der Waals surface area (Å²) in [4.78, 5) is 25.3. The third-order valence-corrected chi connectivity index (χ3v) is 5.20. The number of ketones is 2. The molecule has 2 aromatic rings. The van der Waals surface area contributed by atoms with Crippen LogP contribution in [-0.2, 0) is 22.4 Å². The lowest BCUT2D eigenvalue weighted by Gasteiger charge is -2.21. The fourth-order valence-corrected chi connectivity index (χ4v) is 3.22. The van der Waals surface area contributed by atoms with Crippen LogP contribution < -0.4 is 15.2 Å². The summed E-state index contributed by atoms with van der Waals surface area (Å²) < 4.78 is 11.4. The summed E-state index contributed by atoms with van der Waals surface area (Å²) in [6, 6.07) is 11.1. The molecule has 2 aliphatic rings. The van der Waals surface area contributed by atoms with E-state index in [4.69, 9.17) is 15.2 Å². The van der Waals surface area contributed by atoms with E-state index in [1.807, 2.05) is 30.3 Å². The van der Waals surface area contributed by atoms with Gasteiger partial charge in [-0.2, -0.15) is 0 Å². The minimum atomic E-state index is -0.989. The van der Waals surface area contributed by atoms with Crippen LogP contribution in [0.1, 0.15) is 37.8 Å². The van der Waals surface area contributed by atoms with E-state index in [2.05, 4.69) is 0 Å². The number of fused-ring (bicyclic) bond motifs is 8. The first-order valence-corrected chi connectivity index (χ1v) is 9.11. The quantitative estimate of drug-likeness (QED) is 0.606.